The van der Waals surface area contributed by atoms with E-state index in [1.54, 1.807) is 0 Å². The molecule has 0 aliphatic carbocycles. The fraction of sp³-hybridized carbons (Fsp3) is 0.308. The Morgan fingerprint density at radius 2 is 2.24 bits per heavy atom. The van der Waals surface area contributed by atoms with E-state index in [4.69, 9.17) is 11.6 Å². The standard InChI is InChI=1S/C13H16ClN3/c1-3-15-13-16-10(2)8-17(13)9-11-5-4-6-12(14)7-11/h4-8H,3,9H2,1-2H3,(H,15,16). The summed E-state index contributed by atoms with van der Waals surface area (Å²) >= 11 is 5.98. The van der Waals surface area contributed by atoms with E-state index in [1.165, 1.54) is 5.56 Å². The quantitative estimate of drug-likeness (QED) is 0.901. The Bertz CT molecular complexity index is 505. The normalized spacial score (nSPS) is 10.5. The predicted octanol–water partition coefficient (Wildman–Crippen LogP) is 3.33. The summed E-state index contributed by atoms with van der Waals surface area (Å²) in [6.45, 7) is 5.71. The topological polar surface area (TPSA) is 29.9 Å². The molecule has 4 heteroatoms. The van der Waals surface area contributed by atoms with Crippen LogP contribution in [0.15, 0.2) is 30.5 Å². The first-order valence-corrected chi connectivity index (χ1v) is 6.09. The number of nitrogens with zero attached hydrogens (tertiary/aromatic N) is 2. The van der Waals surface area contributed by atoms with Crippen LogP contribution in [0.4, 0.5) is 5.95 Å². The van der Waals surface area contributed by atoms with Crippen molar-refractivity contribution in [1.29, 1.82) is 0 Å². The van der Waals surface area contributed by atoms with Gasteiger partial charge in [0.25, 0.3) is 0 Å². The largest absolute Gasteiger partial charge is 0.356 e. The molecule has 0 aliphatic rings. The highest BCUT2D eigenvalue weighted by atomic mass is 35.5. The van der Waals surface area contributed by atoms with Crippen LogP contribution < -0.4 is 5.32 Å². The molecule has 0 fully saturated rings. The van der Waals surface area contributed by atoms with Crippen molar-refractivity contribution >= 4 is 17.5 Å². The second-order valence-electron chi connectivity index (χ2n) is 3.99. The first kappa shape index (κ1) is 12.0. The SMILES string of the molecule is CCNc1nc(C)cn1Cc1cccc(Cl)c1. The van der Waals surface area contributed by atoms with Gasteiger partial charge in [0.2, 0.25) is 5.95 Å². The summed E-state index contributed by atoms with van der Waals surface area (Å²) in [7, 11) is 0. The fourth-order valence-corrected chi connectivity index (χ4v) is 2.01. The fourth-order valence-electron chi connectivity index (χ4n) is 1.80. The molecule has 0 radical (unpaired) electrons. The van der Waals surface area contributed by atoms with Crippen molar-refractivity contribution in [2.45, 2.75) is 20.4 Å². The highest BCUT2D eigenvalue weighted by Crippen LogP contribution is 2.15. The van der Waals surface area contributed by atoms with Gasteiger partial charge in [0.05, 0.1) is 12.2 Å². The molecule has 0 saturated heterocycles. The van der Waals surface area contributed by atoms with Crippen LogP contribution in [0.5, 0.6) is 0 Å². The van der Waals surface area contributed by atoms with E-state index in [-0.39, 0.29) is 0 Å². The maximum Gasteiger partial charge on any atom is 0.203 e. The van der Waals surface area contributed by atoms with Crippen LogP contribution >= 0.6 is 11.6 Å². The molecule has 1 heterocycles. The zero-order valence-electron chi connectivity index (χ0n) is 10.1. The van der Waals surface area contributed by atoms with Gasteiger partial charge in [-0.25, -0.2) is 4.98 Å². The summed E-state index contributed by atoms with van der Waals surface area (Å²) in [6.07, 6.45) is 2.04. The lowest BCUT2D eigenvalue weighted by molar-refractivity contribution is 0.799. The van der Waals surface area contributed by atoms with E-state index in [0.29, 0.717) is 0 Å². The summed E-state index contributed by atoms with van der Waals surface area (Å²) < 4.78 is 2.10. The van der Waals surface area contributed by atoms with Gasteiger partial charge in [-0.1, -0.05) is 23.7 Å². The molecule has 17 heavy (non-hydrogen) atoms. The van der Waals surface area contributed by atoms with Crippen LogP contribution in [0.3, 0.4) is 0 Å². The first-order valence-electron chi connectivity index (χ1n) is 5.71. The average Bonchev–Trinajstić information content (AvgIpc) is 2.59. The average molecular weight is 250 g/mol. The molecule has 2 rings (SSSR count). The van der Waals surface area contributed by atoms with Crippen LogP contribution in [-0.2, 0) is 6.54 Å². The lowest BCUT2D eigenvalue weighted by atomic mass is 10.2. The number of aryl methyl sites for hydroxylation is 1. The minimum atomic E-state index is 0.768. The molecule has 0 aliphatic heterocycles. The van der Waals surface area contributed by atoms with Gasteiger partial charge in [-0.15, -0.1) is 0 Å². The van der Waals surface area contributed by atoms with Gasteiger partial charge < -0.3 is 9.88 Å². The summed E-state index contributed by atoms with van der Waals surface area (Å²) in [4.78, 5) is 4.44. The van der Waals surface area contributed by atoms with E-state index in [1.807, 2.05) is 31.3 Å². The van der Waals surface area contributed by atoms with Crippen LogP contribution in [0.1, 0.15) is 18.2 Å². The number of aromatic nitrogens is 2. The van der Waals surface area contributed by atoms with Gasteiger partial charge in [-0.2, -0.15) is 0 Å². The lowest BCUT2D eigenvalue weighted by Gasteiger charge is -2.08. The molecule has 0 unspecified atom stereocenters. The number of benzene rings is 1. The molecular weight excluding hydrogens is 234 g/mol. The van der Waals surface area contributed by atoms with E-state index in [9.17, 15) is 0 Å². The first-order chi connectivity index (χ1) is 8.19. The number of hydrogen-bond acceptors (Lipinski definition) is 2. The number of hydrogen-bond donors (Lipinski definition) is 1. The van der Waals surface area contributed by atoms with E-state index in [0.717, 1.165) is 29.8 Å². The molecule has 0 bridgehead atoms. The maximum atomic E-state index is 5.98. The van der Waals surface area contributed by atoms with Crippen LogP contribution in [-0.4, -0.2) is 16.1 Å². The Morgan fingerprint density at radius 3 is 2.94 bits per heavy atom. The summed E-state index contributed by atoms with van der Waals surface area (Å²) in [5.74, 6) is 0.907. The van der Waals surface area contributed by atoms with Crippen LogP contribution in [0.2, 0.25) is 5.02 Å². The number of nitrogens with one attached hydrogen (secondary N) is 1. The van der Waals surface area contributed by atoms with Gasteiger partial charge in [-0.05, 0) is 31.5 Å². The smallest absolute Gasteiger partial charge is 0.203 e. The molecule has 3 nitrogen and oxygen atoms in total. The van der Waals surface area contributed by atoms with E-state index in [2.05, 4.69) is 27.9 Å². The molecule has 0 saturated carbocycles. The molecule has 1 aromatic carbocycles. The van der Waals surface area contributed by atoms with Crippen molar-refractivity contribution in [3.05, 3.63) is 46.7 Å². The second-order valence-corrected chi connectivity index (χ2v) is 4.43. The van der Waals surface area contributed by atoms with Gasteiger partial charge in [0, 0.05) is 17.8 Å². The Hall–Kier alpha value is -1.48. The van der Waals surface area contributed by atoms with Crippen molar-refractivity contribution in [2.24, 2.45) is 0 Å². The van der Waals surface area contributed by atoms with Gasteiger partial charge >= 0.3 is 0 Å². The summed E-state index contributed by atoms with van der Waals surface area (Å²) in [6, 6.07) is 7.90. The molecule has 1 N–H and O–H groups in total. The lowest BCUT2D eigenvalue weighted by Crippen LogP contribution is -2.07. The Kier molecular flexibility index (Phi) is 3.69. The van der Waals surface area contributed by atoms with Crippen molar-refractivity contribution in [3.63, 3.8) is 0 Å². The number of imidazole rings is 1. The third-order valence-electron chi connectivity index (χ3n) is 2.47. The monoisotopic (exact) mass is 249 g/mol. The van der Waals surface area contributed by atoms with Gasteiger partial charge in [0.1, 0.15) is 0 Å². The zero-order valence-corrected chi connectivity index (χ0v) is 10.8. The Labute approximate surface area is 106 Å². The van der Waals surface area contributed by atoms with Crippen molar-refractivity contribution in [1.82, 2.24) is 9.55 Å². The van der Waals surface area contributed by atoms with E-state index < -0.39 is 0 Å². The third kappa shape index (κ3) is 3.01. The van der Waals surface area contributed by atoms with Gasteiger partial charge in [0.15, 0.2) is 0 Å². The minimum Gasteiger partial charge on any atom is -0.356 e. The molecule has 0 atom stereocenters. The minimum absolute atomic E-state index is 0.768. The molecule has 1 aromatic heterocycles. The van der Waals surface area contributed by atoms with Crippen LogP contribution in [0.25, 0.3) is 0 Å². The van der Waals surface area contributed by atoms with Crippen molar-refractivity contribution in [2.75, 3.05) is 11.9 Å². The highest BCUT2D eigenvalue weighted by molar-refractivity contribution is 6.30. The summed E-state index contributed by atoms with van der Waals surface area (Å²) in [5.41, 5.74) is 2.19. The summed E-state index contributed by atoms with van der Waals surface area (Å²) in [5, 5.41) is 4.02. The number of anilines is 1. The van der Waals surface area contributed by atoms with Crippen molar-refractivity contribution in [3.8, 4) is 0 Å². The maximum absolute atomic E-state index is 5.98. The third-order valence-corrected chi connectivity index (χ3v) is 2.71. The molecule has 0 amide bonds. The Balaban J connectivity index is 2.23. The highest BCUT2D eigenvalue weighted by Gasteiger charge is 2.05. The molecular formula is C13H16ClN3. The van der Waals surface area contributed by atoms with Gasteiger partial charge in [-0.3, -0.25) is 0 Å². The van der Waals surface area contributed by atoms with Crippen molar-refractivity contribution < 1.29 is 0 Å². The molecule has 90 valence electrons. The molecule has 0 spiro atoms. The zero-order chi connectivity index (χ0) is 12.3. The number of halogens is 1. The Morgan fingerprint density at radius 1 is 1.41 bits per heavy atom. The van der Waals surface area contributed by atoms with E-state index >= 15 is 0 Å². The predicted molar refractivity (Wildman–Crippen MR) is 71.7 cm³/mol. The second kappa shape index (κ2) is 5.23. The molecule has 2 aromatic rings. The van der Waals surface area contributed by atoms with Crippen LogP contribution in [0, 0.1) is 6.92 Å². The number of rotatable bonds is 4.